The number of hydrogen-bond acceptors (Lipinski definition) is 2. The summed E-state index contributed by atoms with van der Waals surface area (Å²) < 4.78 is 5.33. The van der Waals surface area contributed by atoms with E-state index >= 15 is 0 Å². The molecule has 0 nitrogen and oxygen atoms in total. The molecule has 0 N–H and O–H groups in total. The molecule has 512 valence electrons. The lowest BCUT2D eigenvalue weighted by Gasteiger charge is -2.19. The van der Waals surface area contributed by atoms with Crippen molar-refractivity contribution in [1.29, 1.82) is 0 Å². The van der Waals surface area contributed by atoms with E-state index in [4.69, 9.17) is 0 Å². The summed E-state index contributed by atoms with van der Waals surface area (Å²) in [6.07, 6.45) is 0. The SMILES string of the molecule is c1ccc(-c2c(-c3cccc(-c4c5ccccc5c(-c5cccc(-c6ccc7sc8ccccc8c7c6)c5)c5ccccc45)c3)ccc3ccccc23)cc1.c1ccc(-c2c(-c3cccc(-c4c5ccccc5c(-c5cccc(-c6cccc7c6sc6ccccc67)c5)c5ccccc45)c3)ccc3ccccc23)cc1. The van der Waals surface area contributed by atoms with E-state index in [9.17, 15) is 0 Å². The molecule has 0 atom stereocenters. The van der Waals surface area contributed by atoms with Gasteiger partial charge in [-0.1, -0.05) is 364 Å². The molecular formula is C108H68S2. The maximum Gasteiger partial charge on any atom is 0.0433 e. The van der Waals surface area contributed by atoms with Crippen molar-refractivity contribution < 1.29 is 0 Å². The van der Waals surface area contributed by atoms with Crippen LogP contribution in [0.15, 0.2) is 413 Å². The average molecular weight is 1430 g/mol. The van der Waals surface area contributed by atoms with Crippen LogP contribution in [0.4, 0.5) is 0 Å². The second-order valence-electron chi connectivity index (χ2n) is 28.7. The monoisotopic (exact) mass is 1430 g/mol. The summed E-state index contributed by atoms with van der Waals surface area (Å²) in [6, 6.07) is 152. The minimum atomic E-state index is 1.21. The number of hydrogen-bond donors (Lipinski definition) is 0. The highest BCUT2D eigenvalue weighted by molar-refractivity contribution is 7.26. The van der Waals surface area contributed by atoms with Crippen molar-refractivity contribution in [2.75, 3.05) is 0 Å². The van der Waals surface area contributed by atoms with Gasteiger partial charge < -0.3 is 0 Å². The highest BCUT2D eigenvalue weighted by Gasteiger charge is 2.23. The molecule has 2 aromatic heterocycles. The molecule has 0 aliphatic heterocycles. The third-order valence-corrected chi connectivity index (χ3v) is 24.9. The van der Waals surface area contributed by atoms with Gasteiger partial charge in [-0.25, -0.2) is 0 Å². The maximum atomic E-state index is 2.40. The molecule has 0 saturated heterocycles. The van der Waals surface area contributed by atoms with Gasteiger partial charge in [-0.15, -0.1) is 22.7 Å². The Balaban J connectivity index is 0.000000140. The lowest BCUT2D eigenvalue weighted by Crippen LogP contribution is -1.92. The zero-order valence-corrected chi connectivity index (χ0v) is 61.7. The van der Waals surface area contributed by atoms with E-state index in [2.05, 4.69) is 413 Å². The predicted molar refractivity (Wildman–Crippen MR) is 478 cm³/mol. The molecule has 2 heteroatoms. The largest absolute Gasteiger partial charge is 0.135 e. The molecule has 0 bridgehead atoms. The fourth-order valence-electron chi connectivity index (χ4n) is 17.6. The van der Waals surface area contributed by atoms with Crippen LogP contribution in [0.2, 0.25) is 0 Å². The van der Waals surface area contributed by atoms with Crippen molar-refractivity contribution in [3.05, 3.63) is 413 Å². The van der Waals surface area contributed by atoms with E-state index in [1.54, 1.807) is 0 Å². The Labute approximate surface area is 646 Å². The molecule has 22 aromatic rings. The van der Waals surface area contributed by atoms with Crippen LogP contribution in [0.25, 0.3) is 216 Å². The quantitative estimate of drug-likeness (QED) is 0.120. The molecule has 110 heavy (non-hydrogen) atoms. The van der Waals surface area contributed by atoms with E-state index < -0.39 is 0 Å². The third-order valence-electron chi connectivity index (χ3n) is 22.5. The number of fused-ring (bicyclic) bond motifs is 12. The third kappa shape index (κ3) is 11.2. The van der Waals surface area contributed by atoms with E-state index in [-0.39, 0.29) is 0 Å². The van der Waals surface area contributed by atoms with Crippen LogP contribution in [-0.2, 0) is 0 Å². The normalized spacial score (nSPS) is 11.6. The van der Waals surface area contributed by atoms with Crippen molar-refractivity contribution in [1.82, 2.24) is 0 Å². The zero-order chi connectivity index (χ0) is 72.6. The first-order chi connectivity index (χ1) is 54.6. The standard InChI is InChI=1S/2C54H34S/c1-2-16-36(17-3-1)51-41-22-5-4-15-35(41)31-32-42(51)37-18-12-20-39(33-37)52-45-24-6-8-26-47(45)53(48-27-9-7-25-46(48)52)40-21-13-19-38(34-40)43-28-14-29-49-44-23-10-11-30-50(44)55-54(43)49;1-2-15-36(16-3-1)52-42-21-5-4-14-35(42)28-30-43(52)39-18-13-20-41(33-39)54-47-25-8-6-23-45(47)53(46-24-7-9-26-48(46)54)40-19-12-17-37(32-40)38-29-31-51-49(34-38)44-22-10-11-27-50(44)55-51/h2*1-34H. The highest BCUT2D eigenvalue weighted by Crippen LogP contribution is 2.50. The van der Waals surface area contributed by atoms with Crippen LogP contribution in [-0.4, -0.2) is 0 Å². The lowest BCUT2D eigenvalue weighted by atomic mass is 9.84. The Morgan fingerprint density at radius 1 is 0.127 bits per heavy atom. The minimum Gasteiger partial charge on any atom is -0.135 e. The van der Waals surface area contributed by atoms with Gasteiger partial charge in [0.15, 0.2) is 0 Å². The molecule has 0 unspecified atom stereocenters. The van der Waals surface area contributed by atoms with Gasteiger partial charge >= 0.3 is 0 Å². The zero-order valence-electron chi connectivity index (χ0n) is 60.1. The number of thiophene rings is 2. The maximum absolute atomic E-state index is 2.40. The predicted octanol–water partition coefficient (Wildman–Crippen LogP) is 31.7. The van der Waals surface area contributed by atoms with E-state index in [1.165, 1.54) is 216 Å². The van der Waals surface area contributed by atoms with Gasteiger partial charge in [0, 0.05) is 40.3 Å². The molecule has 22 rings (SSSR count). The summed E-state index contributed by atoms with van der Waals surface area (Å²) in [5.74, 6) is 0. The van der Waals surface area contributed by atoms with E-state index in [0.29, 0.717) is 0 Å². The van der Waals surface area contributed by atoms with Crippen LogP contribution in [0, 0.1) is 0 Å². The van der Waals surface area contributed by atoms with Gasteiger partial charge in [0.05, 0.1) is 0 Å². The summed E-state index contributed by atoms with van der Waals surface area (Å²) in [4.78, 5) is 0. The second kappa shape index (κ2) is 27.3. The summed E-state index contributed by atoms with van der Waals surface area (Å²) in [5.41, 5.74) is 24.9. The first-order valence-electron chi connectivity index (χ1n) is 37.8. The molecule has 0 fully saturated rings. The highest BCUT2D eigenvalue weighted by atomic mass is 32.1. The Bertz CT molecular complexity index is 7270. The van der Waals surface area contributed by atoms with Gasteiger partial charge in [-0.05, 0) is 224 Å². The van der Waals surface area contributed by atoms with Crippen molar-refractivity contribution in [3.8, 4) is 111 Å². The van der Waals surface area contributed by atoms with Gasteiger partial charge in [0.25, 0.3) is 0 Å². The summed E-state index contributed by atoms with van der Waals surface area (Å²) in [5, 5.41) is 20.4. The summed E-state index contributed by atoms with van der Waals surface area (Å²) in [6.45, 7) is 0. The van der Waals surface area contributed by atoms with Gasteiger partial charge in [-0.2, -0.15) is 0 Å². The molecule has 0 spiro atoms. The molecule has 0 saturated carbocycles. The van der Waals surface area contributed by atoms with E-state index in [0.717, 1.165) is 0 Å². The molecule has 0 aliphatic carbocycles. The summed E-state index contributed by atoms with van der Waals surface area (Å²) >= 11 is 3.76. The Morgan fingerprint density at radius 3 is 0.855 bits per heavy atom. The first-order valence-corrected chi connectivity index (χ1v) is 39.5. The fraction of sp³-hybridized carbons (Fsp3) is 0. The van der Waals surface area contributed by atoms with Crippen LogP contribution < -0.4 is 0 Å². The van der Waals surface area contributed by atoms with Crippen LogP contribution >= 0.6 is 22.7 Å². The molecule has 0 aliphatic rings. The topological polar surface area (TPSA) is 0 Å². The van der Waals surface area contributed by atoms with Crippen LogP contribution in [0.3, 0.4) is 0 Å². The van der Waals surface area contributed by atoms with Gasteiger partial charge in [0.1, 0.15) is 0 Å². The first kappa shape index (κ1) is 64.8. The Morgan fingerprint density at radius 2 is 0.418 bits per heavy atom. The number of benzene rings is 20. The van der Waals surface area contributed by atoms with Gasteiger partial charge in [-0.3, -0.25) is 0 Å². The minimum absolute atomic E-state index is 1.21. The number of rotatable bonds is 10. The van der Waals surface area contributed by atoms with Crippen LogP contribution in [0.1, 0.15) is 0 Å². The lowest BCUT2D eigenvalue weighted by molar-refractivity contribution is 1.60. The van der Waals surface area contributed by atoms with Crippen LogP contribution in [0.5, 0.6) is 0 Å². The van der Waals surface area contributed by atoms with Crippen molar-refractivity contribution >= 4 is 128 Å². The molecule has 0 amide bonds. The Kier molecular flexibility index (Phi) is 16.1. The molecule has 2 heterocycles. The molecule has 0 radical (unpaired) electrons. The van der Waals surface area contributed by atoms with Crippen molar-refractivity contribution in [2.24, 2.45) is 0 Å². The summed E-state index contributed by atoms with van der Waals surface area (Å²) in [7, 11) is 0. The molecule has 20 aromatic carbocycles. The Hall–Kier alpha value is -13.6. The average Bonchev–Trinajstić information content (AvgIpc) is 1.05. The molecular weight excluding hydrogens is 1360 g/mol. The van der Waals surface area contributed by atoms with Crippen molar-refractivity contribution in [3.63, 3.8) is 0 Å². The smallest absolute Gasteiger partial charge is 0.0433 e. The fourth-order valence-corrected chi connectivity index (χ4v) is 19.9. The van der Waals surface area contributed by atoms with E-state index in [1.807, 2.05) is 22.7 Å². The van der Waals surface area contributed by atoms with Gasteiger partial charge in [0.2, 0.25) is 0 Å². The second-order valence-corrected chi connectivity index (χ2v) is 30.9. The van der Waals surface area contributed by atoms with Crippen molar-refractivity contribution in [2.45, 2.75) is 0 Å².